The van der Waals surface area contributed by atoms with Crippen LogP contribution in [0, 0.1) is 0 Å². The highest BCUT2D eigenvalue weighted by atomic mass is 16.5. The summed E-state index contributed by atoms with van der Waals surface area (Å²) in [5.74, 6) is 0.779. The van der Waals surface area contributed by atoms with Gasteiger partial charge in [0.2, 0.25) is 0 Å². The lowest BCUT2D eigenvalue weighted by Gasteiger charge is -2.35. The number of aryl methyl sites for hydroxylation is 1. The molecule has 152 valence electrons. The Balaban J connectivity index is 1.46. The number of aliphatic imine (C=N–C) groups is 1. The summed E-state index contributed by atoms with van der Waals surface area (Å²) in [5, 5.41) is 10.9. The Bertz CT molecular complexity index is 759. The Kier molecular flexibility index (Phi) is 7.06. The van der Waals surface area contributed by atoms with Crippen LogP contribution in [0.2, 0.25) is 0 Å². The van der Waals surface area contributed by atoms with Crippen molar-refractivity contribution in [2.45, 2.75) is 45.7 Å². The maximum absolute atomic E-state index is 5.82. The van der Waals surface area contributed by atoms with Crippen LogP contribution in [0.1, 0.15) is 30.7 Å². The summed E-state index contributed by atoms with van der Waals surface area (Å²) in [4.78, 5) is 6.76. The lowest BCUT2D eigenvalue weighted by Crippen LogP contribution is -2.44. The Hall–Kier alpha value is -2.38. The van der Waals surface area contributed by atoms with Crippen LogP contribution >= 0.6 is 0 Å². The van der Waals surface area contributed by atoms with E-state index in [0.717, 1.165) is 37.8 Å². The van der Waals surface area contributed by atoms with Crippen molar-refractivity contribution in [1.29, 1.82) is 0 Å². The molecule has 1 aromatic heterocycles. The van der Waals surface area contributed by atoms with Gasteiger partial charge in [0.25, 0.3) is 0 Å². The number of hydrogen-bond acceptors (Lipinski definition) is 4. The van der Waals surface area contributed by atoms with E-state index in [1.165, 1.54) is 11.1 Å². The highest BCUT2D eigenvalue weighted by Crippen LogP contribution is 2.14. The monoisotopic (exact) mass is 384 g/mol. The molecule has 2 heterocycles. The minimum absolute atomic E-state index is 0.304. The molecule has 28 heavy (non-hydrogen) atoms. The molecule has 0 aliphatic carbocycles. The summed E-state index contributed by atoms with van der Waals surface area (Å²) in [6.07, 6.45) is 2.41. The first-order valence-electron chi connectivity index (χ1n) is 9.90. The molecule has 0 spiro atoms. The number of rotatable bonds is 6. The SMILES string of the molecule is CN=C(NCc1ccc(CN2CC(C)OC(C)C2)cc1)NCc1ccnn1C. The topological polar surface area (TPSA) is 66.7 Å². The minimum Gasteiger partial charge on any atom is -0.373 e. The Labute approximate surface area is 167 Å². The van der Waals surface area contributed by atoms with Crippen LogP contribution in [0.25, 0.3) is 0 Å². The smallest absolute Gasteiger partial charge is 0.191 e. The molecule has 2 N–H and O–H groups in total. The molecule has 1 aliphatic heterocycles. The minimum atomic E-state index is 0.304. The first-order valence-corrected chi connectivity index (χ1v) is 9.90. The van der Waals surface area contributed by atoms with E-state index in [2.05, 4.69) is 63.7 Å². The van der Waals surface area contributed by atoms with Crippen LogP contribution in [0.5, 0.6) is 0 Å². The van der Waals surface area contributed by atoms with Crippen LogP contribution in [0.15, 0.2) is 41.5 Å². The number of benzene rings is 1. The van der Waals surface area contributed by atoms with Crippen LogP contribution in [-0.4, -0.2) is 53.0 Å². The third-order valence-corrected chi connectivity index (χ3v) is 4.97. The summed E-state index contributed by atoms with van der Waals surface area (Å²) in [5.41, 5.74) is 3.68. The van der Waals surface area contributed by atoms with Crippen LogP contribution in [0.4, 0.5) is 0 Å². The van der Waals surface area contributed by atoms with Crippen molar-refractivity contribution < 1.29 is 4.74 Å². The van der Waals surface area contributed by atoms with Gasteiger partial charge in [-0.3, -0.25) is 14.6 Å². The first kappa shape index (κ1) is 20.4. The van der Waals surface area contributed by atoms with Crippen molar-refractivity contribution in [2.75, 3.05) is 20.1 Å². The quantitative estimate of drug-likeness (QED) is 0.588. The second kappa shape index (κ2) is 9.71. The number of guanidine groups is 1. The summed E-state index contributed by atoms with van der Waals surface area (Å²) in [6, 6.07) is 10.8. The second-order valence-corrected chi connectivity index (χ2v) is 7.49. The average molecular weight is 385 g/mol. The molecule has 0 amide bonds. The standard InChI is InChI=1S/C21H32N6O/c1-16-13-27(14-17(2)28-16)15-19-7-5-18(6-8-19)11-23-21(22-3)24-12-20-9-10-25-26(20)4/h5-10,16-17H,11-15H2,1-4H3,(H2,22,23,24). The van der Waals surface area contributed by atoms with Crippen LogP contribution in [-0.2, 0) is 31.4 Å². The van der Waals surface area contributed by atoms with E-state index in [1.54, 1.807) is 13.2 Å². The third-order valence-electron chi connectivity index (χ3n) is 4.97. The predicted octanol–water partition coefficient (Wildman–Crippen LogP) is 1.89. The zero-order valence-electron chi connectivity index (χ0n) is 17.4. The molecule has 7 heteroatoms. The molecule has 2 unspecified atom stereocenters. The largest absolute Gasteiger partial charge is 0.373 e. The number of nitrogens with zero attached hydrogens (tertiary/aromatic N) is 4. The highest BCUT2D eigenvalue weighted by Gasteiger charge is 2.21. The second-order valence-electron chi connectivity index (χ2n) is 7.49. The molecule has 2 aromatic rings. The van der Waals surface area contributed by atoms with E-state index in [9.17, 15) is 0 Å². The van der Waals surface area contributed by atoms with Gasteiger partial charge in [0, 0.05) is 46.5 Å². The predicted molar refractivity (Wildman–Crippen MR) is 112 cm³/mol. The maximum atomic E-state index is 5.82. The molecule has 3 rings (SSSR count). The fraction of sp³-hybridized carbons (Fsp3) is 0.524. The molecule has 7 nitrogen and oxygen atoms in total. The molecule has 1 fully saturated rings. The fourth-order valence-corrected chi connectivity index (χ4v) is 3.59. The number of nitrogens with one attached hydrogen (secondary N) is 2. The van der Waals surface area contributed by atoms with Gasteiger partial charge in [-0.2, -0.15) is 5.10 Å². The molecule has 1 aliphatic rings. The van der Waals surface area contributed by atoms with Gasteiger partial charge in [-0.1, -0.05) is 24.3 Å². The number of hydrogen-bond donors (Lipinski definition) is 2. The lowest BCUT2D eigenvalue weighted by atomic mass is 10.1. The number of ether oxygens (including phenoxy) is 1. The van der Waals surface area contributed by atoms with Gasteiger partial charge in [0.15, 0.2) is 5.96 Å². The lowest BCUT2D eigenvalue weighted by molar-refractivity contribution is -0.0704. The average Bonchev–Trinajstić information content (AvgIpc) is 3.07. The van der Waals surface area contributed by atoms with Crippen molar-refractivity contribution in [3.8, 4) is 0 Å². The van der Waals surface area contributed by atoms with E-state index >= 15 is 0 Å². The van der Waals surface area contributed by atoms with E-state index in [-0.39, 0.29) is 0 Å². The Morgan fingerprint density at radius 2 is 1.71 bits per heavy atom. The van der Waals surface area contributed by atoms with Crippen molar-refractivity contribution >= 4 is 5.96 Å². The van der Waals surface area contributed by atoms with Gasteiger partial charge in [0.05, 0.1) is 24.4 Å². The summed E-state index contributed by atoms with van der Waals surface area (Å²) in [6.45, 7) is 8.67. The van der Waals surface area contributed by atoms with E-state index in [1.807, 2.05) is 17.8 Å². The Morgan fingerprint density at radius 3 is 2.32 bits per heavy atom. The fourth-order valence-electron chi connectivity index (χ4n) is 3.59. The molecule has 1 aromatic carbocycles. The third kappa shape index (κ3) is 5.81. The molecule has 0 saturated carbocycles. The zero-order chi connectivity index (χ0) is 19.9. The van der Waals surface area contributed by atoms with Crippen molar-refractivity contribution in [2.24, 2.45) is 12.0 Å². The van der Waals surface area contributed by atoms with Crippen molar-refractivity contribution in [3.05, 3.63) is 53.3 Å². The number of aromatic nitrogens is 2. The van der Waals surface area contributed by atoms with E-state index < -0.39 is 0 Å². The van der Waals surface area contributed by atoms with Gasteiger partial charge in [-0.05, 0) is 31.0 Å². The van der Waals surface area contributed by atoms with Gasteiger partial charge in [-0.25, -0.2) is 0 Å². The highest BCUT2D eigenvalue weighted by molar-refractivity contribution is 5.79. The van der Waals surface area contributed by atoms with Crippen molar-refractivity contribution in [1.82, 2.24) is 25.3 Å². The maximum Gasteiger partial charge on any atom is 0.191 e. The normalized spacial score (nSPS) is 20.9. The molecular weight excluding hydrogens is 352 g/mol. The Morgan fingerprint density at radius 1 is 1.07 bits per heavy atom. The van der Waals surface area contributed by atoms with Gasteiger partial charge < -0.3 is 15.4 Å². The van der Waals surface area contributed by atoms with Crippen molar-refractivity contribution in [3.63, 3.8) is 0 Å². The van der Waals surface area contributed by atoms with Gasteiger partial charge in [-0.15, -0.1) is 0 Å². The molecule has 0 bridgehead atoms. The zero-order valence-corrected chi connectivity index (χ0v) is 17.4. The van der Waals surface area contributed by atoms with Gasteiger partial charge >= 0.3 is 0 Å². The van der Waals surface area contributed by atoms with Gasteiger partial charge in [0.1, 0.15) is 0 Å². The van der Waals surface area contributed by atoms with Crippen LogP contribution < -0.4 is 10.6 Å². The van der Waals surface area contributed by atoms with E-state index in [4.69, 9.17) is 4.74 Å². The molecular formula is C21H32N6O. The summed E-state index contributed by atoms with van der Waals surface area (Å²) >= 11 is 0. The van der Waals surface area contributed by atoms with Crippen LogP contribution in [0.3, 0.4) is 0 Å². The molecule has 2 atom stereocenters. The molecule has 1 saturated heterocycles. The number of morpholine rings is 1. The molecule has 0 radical (unpaired) electrons. The first-order chi connectivity index (χ1) is 13.5. The summed E-state index contributed by atoms with van der Waals surface area (Å²) in [7, 11) is 3.72. The van der Waals surface area contributed by atoms with E-state index in [0.29, 0.717) is 18.8 Å². The summed E-state index contributed by atoms with van der Waals surface area (Å²) < 4.78 is 7.67.